The number of hydrogen-bond donors (Lipinski definition) is 1. The number of rotatable bonds is 5. The molecule has 0 aliphatic carbocycles. The van der Waals surface area contributed by atoms with Crippen molar-refractivity contribution in [3.63, 3.8) is 0 Å². The van der Waals surface area contributed by atoms with Crippen LogP contribution in [0.2, 0.25) is 5.02 Å². The predicted octanol–water partition coefficient (Wildman–Crippen LogP) is 4.39. The highest BCUT2D eigenvalue weighted by atomic mass is 35.5. The smallest absolute Gasteiger partial charge is 0.0474 e. The van der Waals surface area contributed by atoms with Crippen LogP contribution in [0.4, 0.5) is 5.69 Å². The highest BCUT2D eigenvalue weighted by molar-refractivity contribution is 6.31. The van der Waals surface area contributed by atoms with Gasteiger partial charge >= 0.3 is 0 Å². The summed E-state index contributed by atoms with van der Waals surface area (Å²) in [6.45, 7) is 5.91. The number of anilines is 1. The van der Waals surface area contributed by atoms with E-state index in [1.165, 1.54) is 5.56 Å². The zero-order valence-electron chi connectivity index (χ0n) is 12.0. The van der Waals surface area contributed by atoms with Crippen LogP contribution in [0.3, 0.4) is 0 Å². The van der Waals surface area contributed by atoms with Crippen molar-refractivity contribution in [3.8, 4) is 0 Å². The largest absolute Gasteiger partial charge is 0.367 e. The third kappa shape index (κ3) is 3.53. The van der Waals surface area contributed by atoms with Crippen molar-refractivity contribution in [2.45, 2.75) is 26.4 Å². The van der Waals surface area contributed by atoms with Crippen LogP contribution >= 0.6 is 11.6 Å². The molecule has 0 heterocycles. The van der Waals surface area contributed by atoms with Crippen LogP contribution in [0.25, 0.3) is 0 Å². The van der Waals surface area contributed by atoms with Gasteiger partial charge in [0.15, 0.2) is 0 Å². The number of nitrogens with zero attached hydrogens (tertiary/aromatic N) is 1. The van der Waals surface area contributed by atoms with E-state index in [1.807, 2.05) is 25.1 Å². The molecule has 0 spiro atoms. The average molecular weight is 289 g/mol. The van der Waals surface area contributed by atoms with Gasteiger partial charge in [0, 0.05) is 29.8 Å². The van der Waals surface area contributed by atoms with E-state index in [-0.39, 0.29) is 6.04 Å². The second-order valence-corrected chi connectivity index (χ2v) is 5.40. The summed E-state index contributed by atoms with van der Waals surface area (Å²) in [6.07, 6.45) is 0. The van der Waals surface area contributed by atoms with Gasteiger partial charge in [-0.05, 0) is 37.1 Å². The number of nitrogens with two attached hydrogens (primary N) is 1. The lowest BCUT2D eigenvalue weighted by Crippen LogP contribution is -2.22. The highest BCUT2D eigenvalue weighted by Gasteiger charge is 2.10. The zero-order chi connectivity index (χ0) is 14.5. The van der Waals surface area contributed by atoms with Gasteiger partial charge in [-0.1, -0.05) is 48.0 Å². The van der Waals surface area contributed by atoms with Crippen molar-refractivity contribution in [2.75, 3.05) is 11.4 Å². The standard InChI is InChI=1S/C17H21ClN2/c1-3-20(12-14-7-5-4-6-8-14)15-9-10-16(13(2)19)17(18)11-15/h4-11,13H,3,12,19H2,1-2H3. The van der Waals surface area contributed by atoms with Crippen LogP contribution in [0.5, 0.6) is 0 Å². The highest BCUT2D eigenvalue weighted by Crippen LogP contribution is 2.27. The summed E-state index contributed by atoms with van der Waals surface area (Å²) in [4.78, 5) is 2.30. The monoisotopic (exact) mass is 288 g/mol. The van der Waals surface area contributed by atoms with Crippen LogP contribution in [0, 0.1) is 0 Å². The Bertz CT molecular complexity index is 552. The average Bonchev–Trinajstić information content (AvgIpc) is 2.45. The molecule has 3 heteroatoms. The van der Waals surface area contributed by atoms with Gasteiger partial charge in [0.1, 0.15) is 0 Å². The fourth-order valence-corrected chi connectivity index (χ4v) is 2.62. The minimum Gasteiger partial charge on any atom is -0.367 e. The van der Waals surface area contributed by atoms with Crippen LogP contribution in [-0.4, -0.2) is 6.54 Å². The van der Waals surface area contributed by atoms with E-state index in [2.05, 4.69) is 42.2 Å². The molecule has 106 valence electrons. The molecule has 0 aromatic heterocycles. The van der Waals surface area contributed by atoms with Gasteiger partial charge in [-0.15, -0.1) is 0 Å². The van der Waals surface area contributed by atoms with Gasteiger partial charge in [0.2, 0.25) is 0 Å². The minimum absolute atomic E-state index is 0.0410. The molecule has 2 aromatic rings. The van der Waals surface area contributed by atoms with E-state index in [1.54, 1.807) is 0 Å². The summed E-state index contributed by atoms with van der Waals surface area (Å²) in [5.41, 5.74) is 9.31. The van der Waals surface area contributed by atoms with Crippen LogP contribution in [-0.2, 0) is 6.54 Å². The van der Waals surface area contributed by atoms with E-state index in [9.17, 15) is 0 Å². The summed E-state index contributed by atoms with van der Waals surface area (Å²) in [7, 11) is 0. The van der Waals surface area contributed by atoms with Gasteiger partial charge < -0.3 is 10.6 Å². The Balaban J connectivity index is 2.22. The van der Waals surface area contributed by atoms with E-state index in [4.69, 9.17) is 17.3 Å². The van der Waals surface area contributed by atoms with Gasteiger partial charge in [0.05, 0.1) is 0 Å². The zero-order valence-corrected chi connectivity index (χ0v) is 12.8. The van der Waals surface area contributed by atoms with Crippen LogP contribution in [0.15, 0.2) is 48.5 Å². The molecule has 1 unspecified atom stereocenters. The second-order valence-electron chi connectivity index (χ2n) is 4.99. The summed E-state index contributed by atoms with van der Waals surface area (Å²) >= 11 is 6.32. The molecule has 0 amide bonds. The first-order valence-electron chi connectivity index (χ1n) is 6.95. The third-order valence-electron chi connectivity index (χ3n) is 3.44. The molecule has 1 atom stereocenters. The Kier molecular flexibility index (Phi) is 5.05. The molecule has 2 nitrogen and oxygen atoms in total. The first-order valence-corrected chi connectivity index (χ1v) is 7.33. The Morgan fingerprint density at radius 2 is 1.85 bits per heavy atom. The molecular formula is C17H21ClN2. The fraction of sp³-hybridized carbons (Fsp3) is 0.294. The normalized spacial score (nSPS) is 12.2. The van der Waals surface area contributed by atoms with Crippen molar-refractivity contribution in [2.24, 2.45) is 5.73 Å². The third-order valence-corrected chi connectivity index (χ3v) is 3.77. The maximum absolute atomic E-state index is 6.32. The lowest BCUT2D eigenvalue weighted by atomic mass is 10.1. The number of benzene rings is 2. The first-order chi connectivity index (χ1) is 9.61. The fourth-order valence-electron chi connectivity index (χ4n) is 2.27. The summed E-state index contributed by atoms with van der Waals surface area (Å²) in [5.74, 6) is 0. The summed E-state index contributed by atoms with van der Waals surface area (Å²) in [6, 6.07) is 16.5. The number of halogens is 1. The van der Waals surface area contributed by atoms with Gasteiger partial charge in [-0.25, -0.2) is 0 Å². The lowest BCUT2D eigenvalue weighted by Gasteiger charge is -2.24. The second kappa shape index (κ2) is 6.78. The molecule has 2 aromatic carbocycles. The Hall–Kier alpha value is -1.51. The number of hydrogen-bond acceptors (Lipinski definition) is 2. The first kappa shape index (κ1) is 14.9. The van der Waals surface area contributed by atoms with E-state index >= 15 is 0 Å². The molecule has 0 bridgehead atoms. The van der Waals surface area contributed by atoms with Crippen molar-refractivity contribution >= 4 is 17.3 Å². The Morgan fingerprint density at radius 3 is 2.40 bits per heavy atom. The van der Waals surface area contributed by atoms with Gasteiger partial charge in [-0.2, -0.15) is 0 Å². The van der Waals surface area contributed by atoms with Crippen LogP contribution < -0.4 is 10.6 Å². The molecule has 2 N–H and O–H groups in total. The van der Waals surface area contributed by atoms with Crippen molar-refractivity contribution in [3.05, 3.63) is 64.7 Å². The van der Waals surface area contributed by atoms with E-state index < -0.39 is 0 Å². The topological polar surface area (TPSA) is 29.3 Å². The lowest BCUT2D eigenvalue weighted by molar-refractivity contribution is 0.811. The van der Waals surface area contributed by atoms with Gasteiger partial charge in [-0.3, -0.25) is 0 Å². The molecular weight excluding hydrogens is 268 g/mol. The van der Waals surface area contributed by atoms with E-state index in [0.29, 0.717) is 0 Å². The van der Waals surface area contributed by atoms with Crippen LogP contribution in [0.1, 0.15) is 31.0 Å². The minimum atomic E-state index is -0.0410. The van der Waals surface area contributed by atoms with Crippen molar-refractivity contribution in [1.82, 2.24) is 0 Å². The SMILES string of the molecule is CCN(Cc1ccccc1)c1ccc(C(C)N)c(Cl)c1. The quantitative estimate of drug-likeness (QED) is 0.884. The maximum Gasteiger partial charge on any atom is 0.0474 e. The van der Waals surface area contributed by atoms with E-state index in [0.717, 1.165) is 29.4 Å². The molecule has 0 aliphatic heterocycles. The molecule has 0 fully saturated rings. The summed E-state index contributed by atoms with van der Waals surface area (Å²) < 4.78 is 0. The predicted molar refractivity (Wildman–Crippen MR) is 87.2 cm³/mol. The molecule has 20 heavy (non-hydrogen) atoms. The Morgan fingerprint density at radius 1 is 1.15 bits per heavy atom. The summed E-state index contributed by atoms with van der Waals surface area (Å²) in [5, 5.41) is 0.740. The Labute approximate surface area is 126 Å². The van der Waals surface area contributed by atoms with Gasteiger partial charge in [0.25, 0.3) is 0 Å². The van der Waals surface area contributed by atoms with Crippen molar-refractivity contribution in [1.29, 1.82) is 0 Å². The molecule has 0 saturated carbocycles. The molecule has 0 aliphatic rings. The molecule has 0 saturated heterocycles. The van der Waals surface area contributed by atoms with Crippen molar-refractivity contribution < 1.29 is 0 Å². The molecule has 2 rings (SSSR count). The molecule has 0 radical (unpaired) electrons. The maximum atomic E-state index is 6.32.